The zero-order valence-electron chi connectivity index (χ0n) is 19.0. The van der Waals surface area contributed by atoms with Crippen LogP contribution in [0.25, 0.3) is 10.6 Å². The number of benzene rings is 2. The van der Waals surface area contributed by atoms with Gasteiger partial charge in [0.05, 0.1) is 21.8 Å². The first-order valence-corrected chi connectivity index (χ1v) is 12.0. The van der Waals surface area contributed by atoms with Crippen LogP contribution in [0.3, 0.4) is 0 Å². The summed E-state index contributed by atoms with van der Waals surface area (Å²) in [6, 6.07) is 18.9. The van der Waals surface area contributed by atoms with Crippen LogP contribution < -0.4 is 14.4 Å². The quantitative estimate of drug-likeness (QED) is 0.386. The van der Waals surface area contributed by atoms with Gasteiger partial charge in [-0.05, 0) is 31.2 Å². The van der Waals surface area contributed by atoms with E-state index in [2.05, 4.69) is 9.97 Å². The van der Waals surface area contributed by atoms with E-state index in [1.165, 1.54) is 16.2 Å². The predicted octanol–water partition coefficient (Wildman–Crippen LogP) is 5.03. The van der Waals surface area contributed by atoms with Crippen LogP contribution in [0.4, 0.5) is 5.69 Å². The number of carbonyl (C=O) groups excluding carboxylic acids is 2. The normalized spacial score (nSPS) is 16.6. The molecule has 4 heterocycles. The average Bonchev–Trinajstić information content (AvgIpc) is 3.61. The number of hydrogen-bond donors (Lipinski definition) is 1. The highest BCUT2D eigenvalue weighted by Crippen LogP contribution is 2.45. The van der Waals surface area contributed by atoms with E-state index in [1.807, 2.05) is 30.3 Å². The van der Waals surface area contributed by atoms with Crippen LogP contribution in [-0.4, -0.2) is 33.6 Å². The van der Waals surface area contributed by atoms with Crippen molar-refractivity contribution in [2.75, 3.05) is 11.7 Å². The van der Waals surface area contributed by atoms with E-state index in [-0.39, 0.29) is 12.4 Å². The van der Waals surface area contributed by atoms with Gasteiger partial charge in [-0.25, -0.2) is 4.98 Å². The number of carbonyl (C=O) groups is 2. The van der Waals surface area contributed by atoms with Gasteiger partial charge in [-0.15, -0.1) is 11.3 Å². The Hall–Kier alpha value is -4.50. The van der Waals surface area contributed by atoms with Crippen molar-refractivity contribution in [3.63, 3.8) is 0 Å². The Kier molecular flexibility index (Phi) is 5.26. The van der Waals surface area contributed by atoms with Crippen LogP contribution >= 0.6 is 11.3 Å². The average molecular weight is 498 g/mol. The van der Waals surface area contributed by atoms with E-state index in [1.54, 1.807) is 49.5 Å². The summed E-state index contributed by atoms with van der Waals surface area (Å²) in [6.07, 6.45) is 1.58. The van der Waals surface area contributed by atoms with Crippen LogP contribution in [0, 0.1) is 6.92 Å². The SMILES string of the molecule is Cc1nc(-c2ccccc2)sc1C(=O)C1=C(O)C(=O)N(c2ccc3c(c2)OCO3)C1c1ccccn1. The number of aromatic nitrogens is 2. The molecular formula is C27H19N3O5S. The van der Waals surface area contributed by atoms with Crippen molar-refractivity contribution in [3.8, 4) is 22.1 Å². The Balaban J connectivity index is 1.46. The molecule has 4 aromatic rings. The lowest BCUT2D eigenvalue weighted by Crippen LogP contribution is -2.31. The maximum Gasteiger partial charge on any atom is 0.294 e. The molecule has 1 N–H and O–H groups in total. The molecule has 0 fully saturated rings. The zero-order chi connectivity index (χ0) is 24.8. The highest BCUT2D eigenvalue weighted by molar-refractivity contribution is 7.17. The van der Waals surface area contributed by atoms with Crippen LogP contribution in [0.2, 0.25) is 0 Å². The fraction of sp³-hybridized carbons (Fsp3) is 0.111. The van der Waals surface area contributed by atoms with Gasteiger partial charge >= 0.3 is 0 Å². The fourth-order valence-corrected chi connectivity index (χ4v) is 5.42. The monoisotopic (exact) mass is 497 g/mol. The summed E-state index contributed by atoms with van der Waals surface area (Å²) in [4.78, 5) is 38.0. The molecule has 1 atom stereocenters. The molecule has 0 radical (unpaired) electrons. The number of hydrogen-bond acceptors (Lipinski definition) is 8. The first-order chi connectivity index (χ1) is 17.5. The molecule has 178 valence electrons. The standard InChI is InChI=1S/C27H19N3O5S/c1-15-25(36-26(29-15)16-7-3-2-4-8-16)23(31)21-22(18-9-5-6-12-28-18)30(27(33)24(21)32)17-10-11-19-20(13-17)35-14-34-19/h2-13,22,32H,14H2,1H3. The zero-order valence-corrected chi connectivity index (χ0v) is 19.9. The Morgan fingerprint density at radius 3 is 2.61 bits per heavy atom. The minimum absolute atomic E-state index is 0.0391. The maximum absolute atomic E-state index is 13.9. The van der Waals surface area contributed by atoms with Gasteiger partial charge in [-0.3, -0.25) is 19.5 Å². The molecule has 1 amide bonds. The van der Waals surface area contributed by atoms with E-state index in [0.717, 1.165) is 5.56 Å². The highest BCUT2D eigenvalue weighted by atomic mass is 32.1. The molecule has 9 heteroatoms. The number of amides is 1. The largest absolute Gasteiger partial charge is 0.503 e. The molecule has 2 aliphatic rings. The Labute approximate surface area is 210 Å². The molecule has 2 aliphatic heterocycles. The van der Waals surface area contributed by atoms with Crippen LogP contribution in [0.5, 0.6) is 11.5 Å². The summed E-state index contributed by atoms with van der Waals surface area (Å²) in [6.45, 7) is 1.83. The molecule has 1 unspecified atom stereocenters. The summed E-state index contributed by atoms with van der Waals surface area (Å²) in [5.74, 6) is -0.732. The lowest BCUT2D eigenvalue weighted by atomic mass is 9.98. The summed E-state index contributed by atoms with van der Waals surface area (Å²) in [7, 11) is 0. The Bertz CT molecular complexity index is 1530. The van der Waals surface area contributed by atoms with Crippen molar-refractivity contribution < 1.29 is 24.2 Å². The van der Waals surface area contributed by atoms with Crippen LogP contribution in [-0.2, 0) is 4.79 Å². The third-order valence-electron chi connectivity index (χ3n) is 6.08. The van der Waals surface area contributed by atoms with Crippen molar-refractivity contribution in [1.82, 2.24) is 9.97 Å². The number of thiazole rings is 1. The van der Waals surface area contributed by atoms with Gasteiger partial charge in [0.15, 0.2) is 17.3 Å². The lowest BCUT2D eigenvalue weighted by molar-refractivity contribution is -0.117. The number of aryl methyl sites for hydroxylation is 1. The lowest BCUT2D eigenvalue weighted by Gasteiger charge is -2.26. The van der Waals surface area contributed by atoms with Gasteiger partial charge in [0.2, 0.25) is 12.6 Å². The predicted molar refractivity (Wildman–Crippen MR) is 133 cm³/mol. The second kappa shape index (κ2) is 8.62. The number of pyridine rings is 1. The topological polar surface area (TPSA) is 102 Å². The number of fused-ring (bicyclic) bond motifs is 1. The van der Waals surface area contributed by atoms with Crippen LogP contribution in [0.15, 0.2) is 84.3 Å². The smallest absolute Gasteiger partial charge is 0.294 e. The molecule has 8 nitrogen and oxygen atoms in total. The van der Waals surface area contributed by atoms with E-state index in [4.69, 9.17) is 9.47 Å². The van der Waals surface area contributed by atoms with Crippen molar-refractivity contribution in [2.45, 2.75) is 13.0 Å². The van der Waals surface area contributed by atoms with E-state index >= 15 is 0 Å². The molecule has 36 heavy (non-hydrogen) atoms. The summed E-state index contributed by atoms with van der Waals surface area (Å²) >= 11 is 1.23. The Morgan fingerprint density at radius 2 is 1.83 bits per heavy atom. The van der Waals surface area contributed by atoms with Crippen molar-refractivity contribution in [1.29, 1.82) is 0 Å². The van der Waals surface area contributed by atoms with E-state index in [0.29, 0.717) is 38.5 Å². The number of Topliss-reactive ketones (excluding diaryl/α,β-unsaturated/α-hetero) is 1. The number of aliphatic hydroxyl groups is 1. The molecule has 0 spiro atoms. The highest BCUT2D eigenvalue weighted by Gasteiger charge is 2.46. The van der Waals surface area contributed by atoms with Gasteiger partial charge in [0, 0.05) is 23.5 Å². The number of nitrogens with zero attached hydrogens (tertiary/aromatic N) is 3. The first-order valence-electron chi connectivity index (χ1n) is 11.2. The summed E-state index contributed by atoms with van der Waals surface area (Å²) in [5.41, 5.74) is 2.26. The molecule has 0 saturated heterocycles. The van der Waals surface area contributed by atoms with Gasteiger partial charge in [-0.1, -0.05) is 36.4 Å². The van der Waals surface area contributed by atoms with Crippen LogP contribution in [0.1, 0.15) is 27.1 Å². The minimum Gasteiger partial charge on any atom is -0.503 e. The molecule has 2 aromatic carbocycles. The first kappa shape index (κ1) is 22.0. The molecule has 6 rings (SSSR count). The van der Waals surface area contributed by atoms with Crippen molar-refractivity contribution in [3.05, 3.63) is 101 Å². The van der Waals surface area contributed by atoms with E-state index < -0.39 is 23.5 Å². The van der Waals surface area contributed by atoms with Gasteiger partial charge in [0.25, 0.3) is 5.91 Å². The second-order valence-electron chi connectivity index (χ2n) is 8.26. The van der Waals surface area contributed by atoms with Gasteiger partial charge in [-0.2, -0.15) is 0 Å². The number of rotatable bonds is 5. The maximum atomic E-state index is 13.9. The summed E-state index contributed by atoms with van der Waals surface area (Å²) < 4.78 is 10.9. The van der Waals surface area contributed by atoms with Crippen molar-refractivity contribution >= 4 is 28.7 Å². The minimum atomic E-state index is -0.937. The third-order valence-corrected chi connectivity index (χ3v) is 7.28. The number of ketones is 1. The molecule has 2 aromatic heterocycles. The van der Waals surface area contributed by atoms with Gasteiger partial charge in [0.1, 0.15) is 11.0 Å². The third kappa shape index (κ3) is 3.52. The van der Waals surface area contributed by atoms with E-state index in [9.17, 15) is 14.7 Å². The molecular weight excluding hydrogens is 478 g/mol. The molecule has 0 saturated carbocycles. The fourth-order valence-electron chi connectivity index (χ4n) is 4.39. The number of ether oxygens (including phenoxy) is 2. The second-order valence-corrected chi connectivity index (χ2v) is 9.26. The Morgan fingerprint density at radius 1 is 1.06 bits per heavy atom. The molecule has 0 aliphatic carbocycles. The summed E-state index contributed by atoms with van der Waals surface area (Å²) in [5, 5.41) is 11.7. The molecule has 0 bridgehead atoms. The number of aliphatic hydroxyl groups excluding tert-OH is 1. The van der Waals surface area contributed by atoms with Gasteiger partial charge < -0.3 is 14.6 Å². The number of anilines is 1. The van der Waals surface area contributed by atoms with Crippen molar-refractivity contribution in [2.24, 2.45) is 0 Å².